The van der Waals surface area contributed by atoms with Crippen LogP contribution in [0.2, 0.25) is 0 Å². The summed E-state index contributed by atoms with van der Waals surface area (Å²) in [6, 6.07) is 0. The van der Waals surface area contributed by atoms with Gasteiger partial charge in [0.2, 0.25) is 0 Å². The van der Waals surface area contributed by atoms with E-state index in [2.05, 4.69) is 26.0 Å². The molecule has 294 valence electrons. The van der Waals surface area contributed by atoms with Crippen molar-refractivity contribution in [1.29, 1.82) is 0 Å². The van der Waals surface area contributed by atoms with E-state index in [9.17, 15) is 44.6 Å². The lowest BCUT2D eigenvalue weighted by Crippen LogP contribution is -2.64. The van der Waals surface area contributed by atoms with Gasteiger partial charge in [-0.3, -0.25) is 18.6 Å². The van der Waals surface area contributed by atoms with Crippen LogP contribution in [0.25, 0.3) is 0 Å². The van der Waals surface area contributed by atoms with E-state index in [4.69, 9.17) is 18.5 Å². The maximum Gasteiger partial charge on any atom is 0.472 e. The molecular weight excluding hydrogens is 671 g/mol. The van der Waals surface area contributed by atoms with Gasteiger partial charge in [-0.1, -0.05) is 116 Å². The molecule has 0 aromatic rings. The lowest BCUT2D eigenvalue weighted by molar-refractivity contribution is -0.220. The average Bonchev–Trinajstić information content (AvgIpc) is 3.09. The molecular formula is C36H67O13P. The highest BCUT2D eigenvalue weighted by molar-refractivity contribution is 7.47. The SMILES string of the molecule is CCCC/C=C\CCCCCCCC(=O)OC(COC(=O)CCCCCCCCCCCC)COP(=O)(O)OC1C(O)C(O)C(O)C(O)C1O. The van der Waals surface area contributed by atoms with Gasteiger partial charge in [0.1, 0.15) is 43.2 Å². The number of hydrogen-bond acceptors (Lipinski definition) is 12. The number of rotatable bonds is 30. The Balaban J connectivity index is 2.57. The minimum atomic E-state index is -5.10. The molecule has 0 heterocycles. The molecule has 0 aromatic carbocycles. The maximum absolute atomic E-state index is 12.7. The number of unbranched alkanes of at least 4 members (excludes halogenated alkanes) is 16. The summed E-state index contributed by atoms with van der Waals surface area (Å²) in [6.45, 7) is 3.19. The van der Waals surface area contributed by atoms with Crippen molar-refractivity contribution in [2.24, 2.45) is 0 Å². The van der Waals surface area contributed by atoms with Crippen LogP contribution in [0.3, 0.4) is 0 Å². The van der Waals surface area contributed by atoms with Gasteiger partial charge in [0.15, 0.2) is 6.10 Å². The highest BCUT2D eigenvalue weighted by atomic mass is 31.2. The summed E-state index contributed by atoms with van der Waals surface area (Å²) >= 11 is 0. The van der Waals surface area contributed by atoms with E-state index < -0.39 is 75.7 Å². The van der Waals surface area contributed by atoms with Crippen LogP contribution in [0.4, 0.5) is 0 Å². The summed E-state index contributed by atoms with van der Waals surface area (Å²) in [6.07, 6.45) is 11.6. The van der Waals surface area contributed by atoms with Gasteiger partial charge in [-0.15, -0.1) is 0 Å². The van der Waals surface area contributed by atoms with Crippen LogP contribution in [-0.2, 0) is 32.7 Å². The summed E-state index contributed by atoms with van der Waals surface area (Å²) in [7, 11) is -5.10. The second-order valence-corrected chi connectivity index (χ2v) is 14.8. The number of carbonyl (C=O) groups is 2. The Labute approximate surface area is 299 Å². The first kappa shape index (κ1) is 46.6. The van der Waals surface area contributed by atoms with Crippen LogP contribution >= 0.6 is 7.82 Å². The molecule has 0 spiro atoms. The van der Waals surface area contributed by atoms with Crippen LogP contribution in [0.15, 0.2) is 12.2 Å². The van der Waals surface area contributed by atoms with Gasteiger partial charge >= 0.3 is 19.8 Å². The molecule has 0 radical (unpaired) electrons. The molecule has 6 unspecified atom stereocenters. The lowest BCUT2D eigenvalue weighted by atomic mass is 9.85. The van der Waals surface area contributed by atoms with Crippen LogP contribution in [0, 0.1) is 0 Å². The molecule has 50 heavy (non-hydrogen) atoms. The molecule has 0 bridgehead atoms. The third kappa shape index (κ3) is 21.2. The second kappa shape index (κ2) is 28.1. The van der Waals surface area contributed by atoms with Crippen molar-refractivity contribution in [3.05, 3.63) is 12.2 Å². The Kier molecular flexibility index (Phi) is 26.2. The highest BCUT2D eigenvalue weighted by Gasteiger charge is 2.51. The van der Waals surface area contributed by atoms with Crippen LogP contribution < -0.4 is 0 Å². The number of carbonyl (C=O) groups excluding carboxylic acids is 2. The van der Waals surface area contributed by atoms with Crippen molar-refractivity contribution >= 4 is 19.8 Å². The van der Waals surface area contributed by atoms with E-state index in [1.807, 2.05) is 0 Å². The molecule has 0 saturated heterocycles. The predicted octanol–water partition coefficient (Wildman–Crippen LogP) is 5.55. The van der Waals surface area contributed by atoms with E-state index in [1.54, 1.807) is 0 Å². The van der Waals surface area contributed by atoms with Gasteiger partial charge in [0, 0.05) is 12.8 Å². The largest absolute Gasteiger partial charge is 0.472 e. The number of esters is 2. The highest BCUT2D eigenvalue weighted by Crippen LogP contribution is 2.47. The molecule has 1 aliphatic rings. The van der Waals surface area contributed by atoms with Crippen molar-refractivity contribution in [2.45, 2.75) is 191 Å². The quantitative estimate of drug-likeness (QED) is 0.0231. The summed E-state index contributed by atoms with van der Waals surface area (Å²) in [5.41, 5.74) is 0. The topological polar surface area (TPSA) is 210 Å². The van der Waals surface area contributed by atoms with Gasteiger partial charge in [0.05, 0.1) is 6.61 Å². The number of phosphoric acid groups is 1. The molecule has 6 atom stereocenters. The smallest absolute Gasteiger partial charge is 0.462 e. The molecule has 1 rings (SSSR count). The van der Waals surface area contributed by atoms with E-state index in [-0.39, 0.29) is 12.8 Å². The Morgan fingerprint density at radius 1 is 0.600 bits per heavy atom. The van der Waals surface area contributed by atoms with E-state index in [0.717, 1.165) is 57.8 Å². The number of phosphoric ester groups is 1. The fourth-order valence-corrected chi connectivity index (χ4v) is 6.65. The number of allylic oxidation sites excluding steroid dienone is 2. The van der Waals surface area contributed by atoms with Crippen molar-refractivity contribution in [3.63, 3.8) is 0 Å². The fourth-order valence-electron chi connectivity index (χ4n) is 5.68. The molecule has 13 nitrogen and oxygen atoms in total. The third-order valence-electron chi connectivity index (χ3n) is 8.86. The first-order valence-corrected chi connectivity index (χ1v) is 20.5. The zero-order chi connectivity index (χ0) is 37.2. The second-order valence-electron chi connectivity index (χ2n) is 13.4. The van der Waals surface area contributed by atoms with E-state index in [1.165, 1.54) is 51.4 Å². The van der Waals surface area contributed by atoms with Gasteiger partial charge in [-0.25, -0.2) is 4.57 Å². The molecule has 1 aliphatic carbocycles. The minimum Gasteiger partial charge on any atom is -0.462 e. The number of ether oxygens (including phenoxy) is 2. The average molecular weight is 739 g/mol. The van der Waals surface area contributed by atoms with Crippen molar-refractivity contribution in [3.8, 4) is 0 Å². The molecule has 0 aliphatic heterocycles. The van der Waals surface area contributed by atoms with Crippen LogP contribution in [-0.4, -0.2) is 98.3 Å². The van der Waals surface area contributed by atoms with Gasteiger partial charge in [0.25, 0.3) is 0 Å². The first-order chi connectivity index (χ1) is 23.9. The minimum absolute atomic E-state index is 0.0891. The molecule has 6 N–H and O–H groups in total. The summed E-state index contributed by atoms with van der Waals surface area (Å²) < 4.78 is 33.2. The molecule has 0 amide bonds. The Hall–Kier alpha value is -1.41. The summed E-state index contributed by atoms with van der Waals surface area (Å²) in [5, 5.41) is 49.8. The molecule has 1 fully saturated rings. The van der Waals surface area contributed by atoms with Crippen molar-refractivity contribution in [2.75, 3.05) is 13.2 Å². The van der Waals surface area contributed by atoms with Crippen LogP contribution in [0.1, 0.15) is 149 Å². The zero-order valence-electron chi connectivity index (χ0n) is 30.4. The molecule has 0 aromatic heterocycles. The zero-order valence-corrected chi connectivity index (χ0v) is 31.3. The van der Waals surface area contributed by atoms with Gasteiger partial charge in [-0.05, 0) is 32.1 Å². The monoisotopic (exact) mass is 738 g/mol. The van der Waals surface area contributed by atoms with Gasteiger partial charge in [-0.2, -0.15) is 0 Å². The summed E-state index contributed by atoms with van der Waals surface area (Å²) in [4.78, 5) is 35.3. The van der Waals surface area contributed by atoms with Crippen molar-refractivity contribution < 1.29 is 63.1 Å². The third-order valence-corrected chi connectivity index (χ3v) is 9.84. The molecule has 14 heteroatoms. The Morgan fingerprint density at radius 3 is 1.58 bits per heavy atom. The predicted molar refractivity (Wildman–Crippen MR) is 189 cm³/mol. The molecule has 1 saturated carbocycles. The first-order valence-electron chi connectivity index (χ1n) is 19.0. The standard InChI is InChI=1S/C36H67O13P/c1-3-5-7-9-11-13-15-17-19-21-23-25-30(38)48-28(26-46-29(37)24-22-20-18-16-14-12-10-8-6-4-2)27-47-50(44,45)49-36-34(42)32(40)31(39)33(41)35(36)43/h9,11,28,31-36,39-43H,3-8,10,12-27H2,1-2H3,(H,44,45)/b11-9-. The number of aliphatic hydroxyl groups excluding tert-OH is 5. The van der Waals surface area contributed by atoms with Crippen LogP contribution in [0.5, 0.6) is 0 Å². The maximum atomic E-state index is 12.7. The number of hydrogen-bond donors (Lipinski definition) is 6. The van der Waals surface area contributed by atoms with Crippen molar-refractivity contribution in [1.82, 2.24) is 0 Å². The summed E-state index contributed by atoms with van der Waals surface area (Å²) in [5.74, 6) is -1.11. The van der Waals surface area contributed by atoms with Gasteiger partial charge < -0.3 is 39.9 Å². The lowest BCUT2D eigenvalue weighted by Gasteiger charge is -2.41. The number of aliphatic hydroxyl groups is 5. The fraction of sp³-hybridized carbons (Fsp3) is 0.889. The Morgan fingerprint density at radius 2 is 1.04 bits per heavy atom. The Bertz CT molecular complexity index is 948. The normalized spacial score (nSPS) is 24.2. The van der Waals surface area contributed by atoms with E-state index >= 15 is 0 Å². The van der Waals surface area contributed by atoms with E-state index in [0.29, 0.717) is 12.8 Å².